The average molecular weight is 198 g/mol. The summed E-state index contributed by atoms with van der Waals surface area (Å²) in [6.07, 6.45) is 4.38. The molecular weight excluding hydrogens is 180 g/mol. The van der Waals surface area contributed by atoms with E-state index in [1.807, 2.05) is 13.8 Å². The Hall–Kier alpha value is -0.570. The van der Waals surface area contributed by atoms with Crippen LogP contribution < -0.4 is 0 Å². The van der Waals surface area contributed by atoms with Gasteiger partial charge in [0.1, 0.15) is 0 Å². The van der Waals surface area contributed by atoms with Crippen molar-refractivity contribution in [1.82, 2.24) is 0 Å². The fraction of sp³-hybridized carbons (Fsp3) is 0.909. The zero-order chi connectivity index (χ0) is 10.1. The predicted octanol–water partition coefficient (Wildman–Crippen LogP) is 1.75. The Morgan fingerprint density at radius 1 is 1.43 bits per heavy atom. The molecule has 0 aromatic heterocycles. The van der Waals surface area contributed by atoms with Crippen LogP contribution in [0.5, 0.6) is 0 Å². The molecule has 0 spiro atoms. The van der Waals surface area contributed by atoms with E-state index in [0.29, 0.717) is 24.7 Å². The van der Waals surface area contributed by atoms with Crippen LogP contribution in [0.15, 0.2) is 0 Å². The molecule has 1 saturated heterocycles. The van der Waals surface area contributed by atoms with Crippen molar-refractivity contribution in [2.45, 2.75) is 45.3 Å². The Morgan fingerprint density at radius 2 is 2.21 bits per heavy atom. The number of esters is 1. The van der Waals surface area contributed by atoms with Gasteiger partial charge in [0.15, 0.2) is 0 Å². The molecule has 2 fully saturated rings. The maximum atomic E-state index is 11.2. The minimum absolute atomic E-state index is 0.0106. The molecular formula is C11H18O3. The number of hydrogen-bond acceptors (Lipinski definition) is 3. The van der Waals surface area contributed by atoms with Crippen LogP contribution in [-0.4, -0.2) is 24.8 Å². The Balaban J connectivity index is 1.67. The number of rotatable bonds is 3. The highest BCUT2D eigenvalue weighted by atomic mass is 16.6. The maximum Gasteiger partial charge on any atom is 0.308 e. The van der Waals surface area contributed by atoms with E-state index < -0.39 is 0 Å². The molecule has 0 amide bonds. The first-order valence-corrected chi connectivity index (χ1v) is 5.49. The van der Waals surface area contributed by atoms with E-state index in [4.69, 9.17) is 9.47 Å². The van der Waals surface area contributed by atoms with Gasteiger partial charge in [0.2, 0.25) is 0 Å². The van der Waals surface area contributed by atoms with E-state index in [2.05, 4.69) is 0 Å². The second kappa shape index (κ2) is 3.89. The van der Waals surface area contributed by atoms with E-state index in [1.54, 1.807) is 0 Å². The van der Waals surface area contributed by atoms with Crippen molar-refractivity contribution in [2.24, 2.45) is 11.8 Å². The Bertz CT molecular complexity index is 225. The number of carbonyl (C=O) groups excluding carboxylic acids is 1. The molecule has 0 aromatic carbocycles. The van der Waals surface area contributed by atoms with E-state index in [-0.39, 0.29) is 11.9 Å². The molecule has 14 heavy (non-hydrogen) atoms. The minimum atomic E-state index is -0.0798. The highest BCUT2D eigenvalue weighted by Gasteiger charge is 2.43. The van der Waals surface area contributed by atoms with Gasteiger partial charge in [0, 0.05) is 0 Å². The van der Waals surface area contributed by atoms with Crippen molar-refractivity contribution < 1.29 is 14.3 Å². The van der Waals surface area contributed by atoms with Crippen LogP contribution in [0.2, 0.25) is 0 Å². The molecule has 1 heterocycles. The molecule has 2 rings (SSSR count). The molecule has 1 aliphatic carbocycles. The van der Waals surface area contributed by atoms with Gasteiger partial charge in [-0.3, -0.25) is 4.79 Å². The molecule has 3 heteroatoms. The van der Waals surface area contributed by atoms with Crippen molar-refractivity contribution in [3.63, 3.8) is 0 Å². The number of carbonyl (C=O) groups is 1. The summed E-state index contributed by atoms with van der Waals surface area (Å²) in [5.41, 5.74) is 0. The van der Waals surface area contributed by atoms with Gasteiger partial charge in [0.05, 0.1) is 24.7 Å². The van der Waals surface area contributed by atoms with Crippen LogP contribution in [0.3, 0.4) is 0 Å². The molecule has 0 radical (unpaired) electrons. The van der Waals surface area contributed by atoms with E-state index >= 15 is 0 Å². The smallest absolute Gasteiger partial charge is 0.308 e. The second-order valence-corrected chi connectivity index (χ2v) is 4.68. The van der Waals surface area contributed by atoms with Crippen LogP contribution in [0.25, 0.3) is 0 Å². The number of fused-ring (bicyclic) bond motifs is 1. The zero-order valence-electron chi connectivity index (χ0n) is 8.86. The van der Waals surface area contributed by atoms with Crippen molar-refractivity contribution in [3.8, 4) is 0 Å². The van der Waals surface area contributed by atoms with Crippen LogP contribution in [-0.2, 0) is 14.3 Å². The lowest BCUT2D eigenvalue weighted by Crippen LogP contribution is -2.22. The predicted molar refractivity (Wildman–Crippen MR) is 51.8 cm³/mol. The molecule has 80 valence electrons. The molecule has 3 unspecified atom stereocenters. The maximum absolute atomic E-state index is 11.2. The zero-order valence-corrected chi connectivity index (χ0v) is 8.86. The summed E-state index contributed by atoms with van der Waals surface area (Å²) in [5.74, 6) is 0.439. The van der Waals surface area contributed by atoms with E-state index in [9.17, 15) is 4.79 Å². The van der Waals surface area contributed by atoms with Gasteiger partial charge in [-0.15, -0.1) is 0 Å². The number of hydrogen-bond donors (Lipinski definition) is 0. The van der Waals surface area contributed by atoms with Crippen LogP contribution in [0, 0.1) is 11.8 Å². The van der Waals surface area contributed by atoms with Gasteiger partial charge in [0.25, 0.3) is 0 Å². The summed E-state index contributed by atoms with van der Waals surface area (Å²) in [6.45, 7) is 4.32. The Morgan fingerprint density at radius 3 is 2.86 bits per heavy atom. The van der Waals surface area contributed by atoms with Gasteiger partial charge in [-0.2, -0.15) is 0 Å². The fourth-order valence-electron chi connectivity index (χ4n) is 2.00. The van der Waals surface area contributed by atoms with Crippen molar-refractivity contribution in [2.75, 3.05) is 6.61 Å². The molecule has 0 N–H and O–H groups in total. The van der Waals surface area contributed by atoms with E-state index in [1.165, 1.54) is 0 Å². The molecule has 2 aliphatic rings. The third kappa shape index (κ3) is 2.27. The molecule has 0 aromatic rings. The first-order chi connectivity index (χ1) is 6.66. The lowest BCUT2D eigenvalue weighted by atomic mass is 9.90. The van der Waals surface area contributed by atoms with Crippen LogP contribution in [0.4, 0.5) is 0 Å². The minimum Gasteiger partial charge on any atom is -0.465 e. The lowest BCUT2D eigenvalue weighted by Gasteiger charge is -2.19. The van der Waals surface area contributed by atoms with Crippen LogP contribution in [0.1, 0.15) is 33.1 Å². The first kappa shape index (κ1) is 9.97. The molecule has 3 nitrogen and oxygen atoms in total. The molecule has 3 atom stereocenters. The molecule has 0 bridgehead atoms. The topological polar surface area (TPSA) is 38.8 Å². The quantitative estimate of drug-likeness (QED) is 0.512. The van der Waals surface area contributed by atoms with Gasteiger partial charge in [-0.1, -0.05) is 13.8 Å². The summed E-state index contributed by atoms with van der Waals surface area (Å²) in [4.78, 5) is 11.2. The molecule has 1 aliphatic heterocycles. The van der Waals surface area contributed by atoms with Crippen LogP contribution >= 0.6 is 0 Å². The summed E-state index contributed by atoms with van der Waals surface area (Å²) in [5, 5.41) is 0. The monoisotopic (exact) mass is 198 g/mol. The third-order valence-electron chi connectivity index (χ3n) is 3.05. The van der Waals surface area contributed by atoms with Crippen molar-refractivity contribution in [3.05, 3.63) is 0 Å². The summed E-state index contributed by atoms with van der Waals surface area (Å²) >= 11 is 0. The SMILES string of the molecule is CC(C)C(=O)OCC1CCC2OC2C1. The average Bonchev–Trinajstić information content (AvgIpc) is 2.91. The van der Waals surface area contributed by atoms with E-state index in [0.717, 1.165) is 19.3 Å². The number of epoxide rings is 1. The van der Waals surface area contributed by atoms with Gasteiger partial charge >= 0.3 is 5.97 Å². The summed E-state index contributed by atoms with van der Waals surface area (Å²) < 4.78 is 10.6. The fourth-order valence-corrected chi connectivity index (χ4v) is 2.00. The van der Waals surface area contributed by atoms with Crippen molar-refractivity contribution >= 4 is 5.97 Å². The largest absolute Gasteiger partial charge is 0.465 e. The number of ether oxygens (including phenoxy) is 2. The summed E-state index contributed by atoms with van der Waals surface area (Å²) in [6, 6.07) is 0. The third-order valence-corrected chi connectivity index (χ3v) is 3.05. The normalized spacial score (nSPS) is 35.2. The van der Waals surface area contributed by atoms with Gasteiger partial charge in [-0.25, -0.2) is 0 Å². The second-order valence-electron chi connectivity index (χ2n) is 4.68. The molecule has 1 saturated carbocycles. The lowest BCUT2D eigenvalue weighted by molar-refractivity contribution is -0.149. The Kier molecular flexibility index (Phi) is 2.77. The first-order valence-electron chi connectivity index (χ1n) is 5.49. The highest BCUT2D eigenvalue weighted by molar-refractivity contribution is 5.71. The Labute approximate surface area is 84.8 Å². The van der Waals surface area contributed by atoms with Gasteiger partial charge in [-0.05, 0) is 25.2 Å². The van der Waals surface area contributed by atoms with Gasteiger partial charge < -0.3 is 9.47 Å². The summed E-state index contributed by atoms with van der Waals surface area (Å²) in [7, 11) is 0. The van der Waals surface area contributed by atoms with Crippen molar-refractivity contribution in [1.29, 1.82) is 0 Å². The highest BCUT2D eigenvalue weighted by Crippen LogP contribution is 2.39. The standard InChI is InChI=1S/C11H18O3/c1-7(2)11(12)13-6-8-3-4-9-10(5-8)14-9/h7-10H,3-6H2,1-2H3.